The Hall–Kier alpha value is 0.200. The van der Waals surface area contributed by atoms with Gasteiger partial charge in [0.25, 0.3) is 0 Å². The van der Waals surface area contributed by atoms with Crippen LogP contribution in [0.3, 0.4) is 0 Å². The van der Waals surface area contributed by atoms with E-state index in [0.717, 1.165) is 16.5 Å². The summed E-state index contributed by atoms with van der Waals surface area (Å²) >= 11 is 9.38. The van der Waals surface area contributed by atoms with Gasteiger partial charge in [-0.1, -0.05) is 27.5 Å². The number of aliphatic hydroxyl groups is 1. The number of hydrogen-bond acceptors (Lipinski definition) is 2. The third-order valence-corrected chi connectivity index (χ3v) is 2.87. The van der Waals surface area contributed by atoms with Crippen LogP contribution < -0.4 is 5.73 Å². The van der Waals surface area contributed by atoms with Crippen molar-refractivity contribution in [1.29, 1.82) is 0 Å². The number of rotatable bonds is 4. The van der Waals surface area contributed by atoms with Gasteiger partial charge in [0.05, 0.1) is 0 Å². The molecule has 0 spiro atoms. The zero-order valence-corrected chi connectivity index (χ0v) is 11.3. The van der Waals surface area contributed by atoms with E-state index in [-0.39, 0.29) is 25.1 Å². The Labute approximate surface area is 109 Å². The molecule has 1 aromatic carbocycles. The first kappa shape index (κ1) is 15.2. The van der Waals surface area contributed by atoms with Crippen LogP contribution in [0.1, 0.15) is 24.4 Å². The van der Waals surface area contributed by atoms with Gasteiger partial charge in [-0.2, -0.15) is 0 Å². The fourth-order valence-electron chi connectivity index (χ4n) is 1.27. The Kier molecular flexibility index (Phi) is 7.57. The maximum atomic E-state index is 8.69. The molecule has 86 valence electrons. The normalized spacial score (nSPS) is 12.0. The number of hydrogen-bond donors (Lipinski definition) is 2. The Morgan fingerprint density at radius 3 is 2.73 bits per heavy atom. The molecular formula is C10H14BrCl2NO. The Morgan fingerprint density at radius 2 is 2.13 bits per heavy atom. The summed E-state index contributed by atoms with van der Waals surface area (Å²) in [5.74, 6) is 0. The van der Waals surface area contributed by atoms with Gasteiger partial charge in [-0.3, -0.25) is 0 Å². The summed E-state index contributed by atoms with van der Waals surface area (Å²) in [6.45, 7) is 0.166. The predicted molar refractivity (Wildman–Crippen MR) is 69.6 cm³/mol. The second kappa shape index (κ2) is 7.47. The number of benzene rings is 1. The molecule has 0 heterocycles. The van der Waals surface area contributed by atoms with E-state index in [0.29, 0.717) is 11.4 Å². The molecule has 2 nitrogen and oxygen atoms in total. The summed E-state index contributed by atoms with van der Waals surface area (Å²) in [6.07, 6.45) is 1.44. The van der Waals surface area contributed by atoms with Gasteiger partial charge < -0.3 is 10.8 Å². The summed E-state index contributed by atoms with van der Waals surface area (Å²) < 4.78 is 0.969. The minimum atomic E-state index is -0.104. The second-order valence-electron chi connectivity index (χ2n) is 3.14. The lowest BCUT2D eigenvalue weighted by Crippen LogP contribution is -2.11. The fourth-order valence-corrected chi connectivity index (χ4v) is 1.90. The lowest BCUT2D eigenvalue weighted by atomic mass is 10.0. The van der Waals surface area contributed by atoms with Gasteiger partial charge in [0.2, 0.25) is 0 Å². The molecule has 0 aromatic heterocycles. The number of halogens is 3. The van der Waals surface area contributed by atoms with Gasteiger partial charge in [-0.15, -0.1) is 12.4 Å². The van der Waals surface area contributed by atoms with Crippen molar-refractivity contribution in [2.45, 2.75) is 18.9 Å². The average Bonchev–Trinajstić information content (AvgIpc) is 2.18. The monoisotopic (exact) mass is 313 g/mol. The van der Waals surface area contributed by atoms with Gasteiger partial charge in [0.1, 0.15) is 0 Å². The minimum absolute atomic E-state index is 0. The Bertz CT molecular complexity index is 309. The van der Waals surface area contributed by atoms with Crippen LogP contribution in [0.4, 0.5) is 0 Å². The minimum Gasteiger partial charge on any atom is -0.396 e. The van der Waals surface area contributed by atoms with Crippen molar-refractivity contribution >= 4 is 39.9 Å². The predicted octanol–water partition coefficient (Wildman–Crippen LogP) is 3.30. The third kappa shape index (κ3) is 4.70. The average molecular weight is 315 g/mol. The van der Waals surface area contributed by atoms with Crippen molar-refractivity contribution in [2.75, 3.05) is 6.61 Å². The van der Waals surface area contributed by atoms with Crippen molar-refractivity contribution in [2.24, 2.45) is 5.73 Å². The first-order valence-electron chi connectivity index (χ1n) is 4.46. The fraction of sp³-hybridized carbons (Fsp3) is 0.400. The van der Waals surface area contributed by atoms with Gasteiger partial charge in [-0.25, -0.2) is 0 Å². The van der Waals surface area contributed by atoms with Gasteiger partial charge in [-0.05, 0) is 36.6 Å². The maximum Gasteiger partial charge on any atom is 0.0454 e. The van der Waals surface area contributed by atoms with Crippen LogP contribution in [0, 0.1) is 0 Å². The van der Waals surface area contributed by atoms with E-state index >= 15 is 0 Å². The van der Waals surface area contributed by atoms with E-state index in [4.69, 9.17) is 22.4 Å². The molecule has 1 aromatic rings. The van der Waals surface area contributed by atoms with Crippen LogP contribution >= 0.6 is 39.9 Å². The van der Waals surface area contributed by atoms with E-state index in [1.807, 2.05) is 18.2 Å². The first-order chi connectivity index (χ1) is 6.65. The van der Waals surface area contributed by atoms with Gasteiger partial charge >= 0.3 is 0 Å². The van der Waals surface area contributed by atoms with Gasteiger partial charge in [0.15, 0.2) is 0 Å². The molecule has 0 aliphatic carbocycles. The Balaban J connectivity index is 0.00000196. The van der Waals surface area contributed by atoms with E-state index in [9.17, 15) is 0 Å². The molecule has 3 N–H and O–H groups in total. The summed E-state index contributed by atoms with van der Waals surface area (Å²) in [7, 11) is 0. The molecule has 1 atom stereocenters. The molecule has 0 aliphatic rings. The lowest BCUT2D eigenvalue weighted by Gasteiger charge is -2.13. The zero-order valence-electron chi connectivity index (χ0n) is 8.12. The zero-order chi connectivity index (χ0) is 10.6. The molecule has 0 saturated heterocycles. The van der Waals surface area contributed by atoms with Crippen LogP contribution in [-0.2, 0) is 0 Å². The summed E-state index contributed by atoms with van der Waals surface area (Å²) in [6, 6.07) is 5.52. The first-order valence-corrected chi connectivity index (χ1v) is 5.63. The highest BCUT2D eigenvalue weighted by atomic mass is 79.9. The second-order valence-corrected chi connectivity index (χ2v) is 4.46. The summed E-state index contributed by atoms with van der Waals surface area (Å²) in [5, 5.41) is 9.37. The van der Waals surface area contributed by atoms with Crippen molar-refractivity contribution < 1.29 is 5.11 Å². The summed E-state index contributed by atoms with van der Waals surface area (Å²) in [5.41, 5.74) is 6.86. The molecule has 15 heavy (non-hydrogen) atoms. The molecule has 1 rings (SSSR count). The Morgan fingerprint density at radius 1 is 1.47 bits per heavy atom. The third-order valence-electron chi connectivity index (χ3n) is 2.03. The summed E-state index contributed by atoms with van der Waals surface area (Å²) in [4.78, 5) is 0. The molecule has 0 amide bonds. The largest absolute Gasteiger partial charge is 0.396 e. The van der Waals surface area contributed by atoms with Crippen molar-refractivity contribution in [3.63, 3.8) is 0 Å². The SMILES string of the molecule is Cl.N[C@H](CCCO)c1cc(Br)ccc1Cl. The maximum absolute atomic E-state index is 8.69. The van der Waals surface area contributed by atoms with Crippen LogP contribution in [0.15, 0.2) is 22.7 Å². The molecule has 0 unspecified atom stereocenters. The molecule has 0 fully saturated rings. The van der Waals surface area contributed by atoms with E-state index in [1.165, 1.54) is 0 Å². The molecular weight excluding hydrogens is 301 g/mol. The molecule has 0 radical (unpaired) electrons. The highest BCUT2D eigenvalue weighted by Crippen LogP contribution is 2.27. The van der Waals surface area contributed by atoms with E-state index < -0.39 is 0 Å². The van der Waals surface area contributed by atoms with Crippen molar-refractivity contribution in [3.05, 3.63) is 33.3 Å². The van der Waals surface area contributed by atoms with Crippen LogP contribution in [0.2, 0.25) is 5.02 Å². The molecule has 0 bridgehead atoms. The van der Waals surface area contributed by atoms with Crippen molar-refractivity contribution in [3.8, 4) is 0 Å². The lowest BCUT2D eigenvalue weighted by molar-refractivity contribution is 0.280. The highest BCUT2D eigenvalue weighted by Gasteiger charge is 2.09. The highest BCUT2D eigenvalue weighted by molar-refractivity contribution is 9.10. The molecule has 0 saturated carbocycles. The smallest absolute Gasteiger partial charge is 0.0454 e. The van der Waals surface area contributed by atoms with Crippen LogP contribution in [0.5, 0.6) is 0 Å². The van der Waals surface area contributed by atoms with Crippen LogP contribution in [-0.4, -0.2) is 11.7 Å². The topological polar surface area (TPSA) is 46.2 Å². The molecule has 0 aliphatic heterocycles. The van der Waals surface area contributed by atoms with Crippen molar-refractivity contribution in [1.82, 2.24) is 0 Å². The quantitative estimate of drug-likeness (QED) is 0.895. The van der Waals surface area contributed by atoms with Gasteiger partial charge in [0, 0.05) is 22.1 Å². The van der Waals surface area contributed by atoms with E-state index in [1.54, 1.807) is 0 Å². The number of nitrogens with two attached hydrogens (primary N) is 1. The van der Waals surface area contributed by atoms with Crippen LogP contribution in [0.25, 0.3) is 0 Å². The van der Waals surface area contributed by atoms with E-state index in [2.05, 4.69) is 15.9 Å². The number of aliphatic hydroxyl groups excluding tert-OH is 1. The standard InChI is InChI=1S/C10H13BrClNO.ClH/c11-7-3-4-9(12)8(6-7)10(13)2-1-5-14;/h3-4,6,10,14H,1-2,5,13H2;1H/t10-;/m1./s1. The molecule has 5 heteroatoms.